The molecule has 0 fully saturated rings. The minimum atomic E-state index is -4.93. The molecule has 0 spiro atoms. The SMILES string of the molecule is O=C(O)Cc1c(CF)cc(OC(F)(F)F)nc1I. The van der Waals surface area contributed by atoms with Crippen molar-refractivity contribution < 1.29 is 32.2 Å². The second-order valence-corrected chi connectivity index (χ2v) is 4.16. The number of pyridine rings is 1. The third kappa shape index (κ3) is 4.27. The highest BCUT2D eigenvalue weighted by molar-refractivity contribution is 14.1. The van der Waals surface area contributed by atoms with Gasteiger partial charge in [0.25, 0.3) is 0 Å². The lowest BCUT2D eigenvalue weighted by Crippen LogP contribution is -2.19. The molecule has 100 valence electrons. The maximum atomic E-state index is 12.7. The molecule has 0 aliphatic rings. The number of hydrogen-bond donors (Lipinski definition) is 1. The van der Waals surface area contributed by atoms with E-state index in [4.69, 9.17) is 5.11 Å². The van der Waals surface area contributed by atoms with Gasteiger partial charge in [0.15, 0.2) is 0 Å². The summed E-state index contributed by atoms with van der Waals surface area (Å²) in [5.41, 5.74) is -0.142. The molecular weight excluding hydrogens is 373 g/mol. The van der Waals surface area contributed by atoms with E-state index in [1.165, 1.54) is 22.6 Å². The molecule has 18 heavy (non-hydrogen) atoms. The fraction of sp³-hybridized carbons (Fsp3) is 0.333. The predicted octanol–water partition coefficient (Wildman–Crippen LogP) is 2.68. The molecule has 0 bridgehead atoms. The molecule has 1 aromatic rings. The standard InChI is InChI=1S/C9H6F4INO3/c10-3-4-1-6(18-9(11,12)13)15-8(14)5(4)2-7(16)17/h1H,2-3H2,(H,16,17). The number of aromatic nitrogens is 1. The molecule has 9 heteroatoms. The number of carbonyl (C=O) groups is 1. The van der Waals surface area contributed by atoms with Crippen LogP contribution in [0.3, 0.4) is 0 Å². The highest BCUT2D eigenvalue weighted by Crippen LogP contribution is 2.26. The Morgan fingerprint density at radius 3 is 2.56 bits per heavy atom. The van der Waals surface area contributed by atoms with E-state index in [9.17, 15) is 22.4 Å². The highest BCUT2D eigenvalue weighted by Gasteiger charge is 2.32. The van der Waals surface area contributed by atoms with Gasteiger partial charge in [-0.3, -0.25) is 4.79 Å². The molecule has 0 saturated carbocycles. The smallest absolute Gasteiger partial charge is 0.481 e. The Balaban J connectivity index is 3.14. The number of carboxylic acid groups (broad SMARTS) is 1. The van der Waals surface area contributed by atoms with E-state index in [0.717, 1.165) is 6.07 Å². The third-order valence-corrected chi connectivity index (χ3v) is 2.73. The molecule has 0 aliphatic heterocycles. The zero-order valence-corrected chi connectivity index (χ0v) is 10.7. The van der Waals surface area contributed by atoms with Crippen molar-refractivity contribution in [3.05, 3.63) is 20.9 Å². The lowest BCUT2D eigenvalue weighted by molar-refractivity contribution is -0.276. The molecule has 0 atom stereocenters. The Bertz CT molecular complexity index is 464. The molecule has 4 nitrogen and oxygen atoms in total. The van der Waals surface area contributed by atoms with Crippen LogP contribution in [0.15, 0.2) is 6.07 Å². The van der Waals surface area contributed by atoms with Crippen molar-refractivity contribution in [3.63, 3.8) is 0 Å². The summed E-state index contributed by atoms with van der Waals surface area (Å²) in [5, 5.41) is 8.60. The van der Waals surface area contributed by atoms with Crippen molar-refractivity contribution in [2.45, 2.75) is 19.5 Å². The minimum absolute atomic E-state index is 0.0376. The maximum absolute atomic E-state index is 12.7. The first-order chi connectivity index (χ1) is 8.23. The van der Waals surface area contributed by atoms with Crippen LogP contribution < -0.4 is 4.74 Å². The number of rotatable bonds is 4. The highest BCUT2D eigenvalue weighted by atomic mass is 127. The van der Waals surface area contributed by atoms with Crippen LogP contribution in [0.2, 0.25) is 0 Å². The van der Waals surface area contributed by atoms with E-state index in [1.807, 2.05) is 0 Å². The summed E-state index contributed by atoms with van der Waals surface area (Å²) in [7, 11) is 0. The summed E-state index contributed by atoms with van der Waals surface area (Å²) in [6.45, 7) is -1.10. The van der Waals surface area contributed by atoms with E-state index in [0.29, 0.717) is 0 Å². The number of carboxylic acids is 1. The first-order valence-electron chi connectivity index (χ1n) is 4.44. The van der Waals surface area contributed by atoms with Crippen LogP contribution in [-0.4, -0.2) is 22.4 Å². The van der Waals surface area contributed by atoms with Crippen LogP contribution in [0, 0.1) is 3.70 Å². The van der Waals surface area contributed by atoms with Crippen molar-refractivity contribution in [2.24, 2.45) is 0 Å². The van der Waals surface area contributed by atoms with Gasteiger partial charge >= 0.3 is 12.3 Å². The maximum Gasteiger partial charge on any atom is 0.574 e. The normalized spacial score (nSPS) is 11.4. The monoisotopic (exact) mass is 379 g/mol. The van der Waals surface area contributed by atoms with Gasteiger partial charge in [-0.1, -0.05) is 0 Å². The second-order valence-electron chi connectivity index (χ2n) is 3.14. The Hall–Kier alpha value is -1.13. The van der Waals surface area contributed by atoms with Gasteiger partial charge in [0, 0.05) is 11.6 Å². The summed E-state index contributed by atoms with van der Waals surface area (Å²) in [5.74, 6) is -2.04. The van der Waals surface area contributed by atoms with Crippen LogP contribution >= 0.6 is 22.6 Å². The summed E-state index contributed by atoms with van der Waals surface area (Å²) in [6.07, 6.45) is -5.45. The van der Waals surface area contributed by atoms with Crippen molar-refractivity contribution in [2.75, 3.05) is 0 Å². The van der Waals surface area contributed by atoms with Gasteiger partial charge in [-0.25, -0.2) is 9.37 Å². The lowest BCUT2D eigenvalue weighted by Gasteiger charge is -2.12. The van der Waals surface area contributed by atoms with Gasteiger partial charge in [-0.05, 0) is 28.2 Å². The number of alkyl halides is 4. The Morgan fingerprint density at radius 1 is 1.50 bits per heavy atom. The van der Waals surface area contributed by atoms with Crippen molar-refractivity contribution in [1.82, 2.24) is 4.98 Å². The first kappa shape index (κ1) is 14.9. The van der Waals surface area contributed by atoms with E-state index in [2.05, 4.69) is 9.72 Å². The van der Waals surface area contributed by atoms with Crippen molar-refractivity contribution in [1.29, 1.82) is 0 Å². The molecule has 1 N–H and O–H groups in total. The number of hydrogen-bond acceptors (Lipinski definition) is 3. The molecule has 0 amide bonds. The Labute approximate surface area is 112 Å². The van der Waals surface area contributed by atoms with Crippen LogP contribution in [0.4, 0.5) is 17.6 Å². The van der Waals surface area contributed by atoms with Gasteiger partial charge in [0.05, 0.1) is 6.42 Å². The molecular formula is C9H6F4INO3. The lowest BCUT2D eigenvalue weighted by atomic mass is 10.1. The van der Waals surface area contributed by atoms with Crippen molar-refractivity contribution in [3.8, 4) is 5.88 Å². The van der Waals surface area contributed by atoms with Crippen LogP contribution in [-0.2, 0) is 17.9 Å². The Morgan fingerprint density at radius 2 is 2.11 bits per heavy atom. The van der Waals surface area contributed by atoms with Gasteiger partial charge in [-0.2, -0.15) is 0 Å². The molecule has 0 aliphatic carbocycles. The van der Waals surface area contributed by atoms with Gasteiger partial charge < -0.3 is 9.84 Å². The average Bonchev–Trinajstić information content (AvgIpc) is 2.18. The van der Waals surface area contributed by atoms with Crippen LogP contribution in [0.1, 0.15) is 11.1 Å². The summed E-state index contributed by atoms with van der Waals surface area (Å²) < 4.78 is 52.1. The van der Waals surface area contributed by atoms with Crippen molar-refractivity contribution >= 4 is 28.6 Å². The fourth-order valence-corrected chi connectivity index (χ4v) is 1.97. The Kier molecular flexibility index (Phi) is 4.71. The number of ether oxygens (including phenoxy) is 1. The summed E-state index contributed by atoms with van der Waals surface area (Å²) >= 11 is 1.53. The predicted molar refractivity (Wildman–Crippen MR) is 59.8 cm³/mol. The number of aliphatic carboxylic acids is 1. The summed E-state index contributed by atoms with van der Waals surface area (Å²) in [4.78, 5) is 14.0. The third-order valence-electron chi connectivity index (χ3n) is 1.83. The van der Waals surface area contributed by atoms with Gasteiger partial charge in [0.1, 0.15) is 10.4 Å². The fourth-order valence-electron chi connectivity index (χ4n) is 1.19. The molecule has 0 radical (unpaired) electrons. The molecule has 1 heterocycles. The molecule has 0 aromatic carbocycles. The van der Waals surface area contributed by atoms with Gasteiger partial charge in [-0.15, -0.1) is 13.2 Å². The number of halogens is 5. The molecule has 0 unspecified atom stereocenters. The van der Waals surface area contributed by atoms with Gasteiger partial charge in [0.2, 0.25) is 5.88 Å². The second kappa shape index (κ2) is 5.67. The van der Waals surface area contributed by atoms with E-state index < -0.39 is 31.3 Å². The van der Waals surface area contributed by atoms with E-state index in [-0.39, 0.29) is 14.8 Å². The quantitative estimate of drug-likeness (QED) is 0.497. The topological polar surface area (TPSA) is 59.4 Å². The minimum Gasteiger partial charge on any atom is -0.481 e. The number of nitrogens with zero attached hydrogens (tertiary/aromatic N) is 1. The first-order valence-corrected chi connectivity index (χ1v) is 5.52. The average molecular weight is 379 g/mol. The van der Waals surface area contributed by atoms with E-state index >= 15 is 0 Å². The summed E-state index contributed by atoms with van der Waals surface area (Å²) in [6, 6.07) is 0.744. The zero-order valence-electron chi connectivity index (χ0n) is 8.59. The van der Waals surface area contributed by atoms with Crippen LogP contribution in [0.25, 0.3) is 0 Å². The van der Waals surface area contributed by atoms with Crippen LogP contribution in [0.5, 0.6) is 5.88 Å². The van der Waals surface area contributed by atoms with E-state index in [1.54, 1.807) is 0 Å². The molecule has 1 rings (SSSR count). The zero-order chi connectivity index (χ0) is 13.9. The molecule has 0 saturated heterocycles. The largest absolute Gasteiger partial charge is 0.574 e. The molecule has 1 aromatic heterocycles.